The molecule has 1 aliphatic rings. The molecule has 1 aromatic carbocycles. The number of nitrogens with zero attached hydrogens (tertiary/aromatic N) is 1. The third kappa shape index (κ3) is 4.06. The van der Waals surface area contributed by atoms with Crippen LogP contribution in [0.25, 0.3) is 0 Å². The fraction of sp³-hybridized carbons (Fsp3) is 0.500. The van der Waals surface area contributed by atoms with Gasteiger partial charge < -0.3 is 10.4 Å². The summed E-state index contributed by atoms with van der Waals surface area (Å²) in [5, 5.41) is 22.8. The quantitative estimate of drug-likeness (QED) is 0.618. The Bertz CT molecular complexity index is 616. The van der Waals surface area contributed by atoms with Gasteiger partial charge in [-0.3, -0.25) is 19.7 Å². The predicted molar refractivity (Wildman–Crippen MR) is 82.7 cm³/mol. The largest absolute Gasteiger partial charge is 0.481 e. The first-order chi connectivity index (χ1) is 10.9. The Morgan fingerprint density at radius 1 is 1.39 bits per heavy atom. The Balaban J connectivity index is 2.05. The number of nitrogens with one attached hydrogen (secondary N) is 1. The van der Waals surface area contributed by atoms with Crippen LogP contribution in [0.1, 0.15) is 44.2 Å². The van der Waals surface area contributed by atoms with Crippen molar-refractivity contribution in [2.24, 2.45) is 11.8 Å². The number of aliphatic carboxylic acids is 1. The van der Waals surface area contributed by atoms with Gasteiger partial charge in [-0.25, -0.2) is 0 Å². The molecule has 7 nitrogen and oxygen atoms in total. The van der Waals surface area contributed by atoms with Gasteiger partial charge in [0.25, 0.3) is 5.69 Å². The zero-order valence-corrected chi connectivity index (χ0v) is 12.9. The van der Waals surface area contributed by atoms with Crippen LogP contribution in [0.3, 0.4) is 0 Å². The maximum Gasteiger partial charge on any atom is 0.306 e. The van der Waals surface area contributed by atoms with Gasteiger partial charge in [-0.05, 0) is 31.2 Å². The first-order valence-electron chi connectivity index (χ1n) is 7.70. The van der Waals surface area contributed by atoms with Crippen molar-refractivity contribution in [3.63, 3.8) is 0 Å². The van der Waals surface area contributed by atoms with E-state index in [2.05, 4.69) is 5.32 Å². The maximum atomic E-state index is 12.3. The van der Waals surface area contributed by atoms with Gasteiger partial charge >= 0.3 is 5.97 Å². The number of carboxylic acids is 1. The van der Waals surface area contributed by atoms with E-state index in [1.165, 1.54) is 12.1 Å². The van der Waals surface area contributed by atoms with Gasteiger partial charge in [0.05, 0.1) is 16.9 Å². The highest BCUT2D eigenvalue weighted by Crippen LogP contribution is 2.32. The van der Waals surface area contributed by atoms with Crippen LogP contribution in [0.4, 0.5) is 5.69 Å². The van der Waals surface area contributed by atoms with Crippen LogP contribution in [-0.2, 0) is 9.59 Å². The molecule has 1 unspecified atom stereocenters. The van der Waals surface area contributed by atoms with Crippen LogP contribution in [-0.4, -0.2) is 21.9 Å². The SMILES string of the molecule is CCC(NC(=O)[C@@H]1CC[C@H](C(=O)O)C1)c1cccc([N+](=O)[O-])c1. The van der Waals surface area contributed by atoms with Crippen LogP contribution in [0.2, 0.25) is 0 Å². The normalized spacial score (nSPS) is 21.6. The molecule has 1 saturated carbocycles. The van der Waals surface area contributed by atoms with E-state index in [4.69, 9.17) is 5.11 Å². The number of amides is 1. The summed E-state index contributed by atoms with van der Waals surface area (Å²) < 4.78 is 0. The van der Waals surface area contributed by atoms with Gasteiger partial charge in [0.2, 0.25) is 5.91 Å². The van der Waals surface area contributed by atoms with Gasteiger partial charge in [0.1, 0.15) is 0 Å². The van der Waals surface area contributed by atoms with Crippen molar-refractivity contribution in [2.45, 2.75) is 38.6 Å². The molecule has 1 fully saturated rings. The van der Waals surface area contributed by atoms with E-state index in [0.29, 0.717) is 31.2 Å². The minimum Gasteiger partial charge on any atom is -0.481 e. The highest BCUT2D eigenvalue weighted by atomic mass is 16.6. The van der Waals surface area contributed by atoms with Crippen LogP contribution in [0.5, 0.6) is 0 Å². The summed E-state index contributed by atoms with van der Waals surface area (Å²) in [4.78, 5) is 33.7. The zero-order chi connectivity index (χ0) is 17.0. The van der Waals surface area contributed by atoms with E-state index in [0.717, 1.165) is 0 Å². The molecule has 124 valence electrons. The molecule has 3 atom stereocenters. The molecule has 0 heterocycles. The molecule has 0 radical (unpaired) electrons. The van der Waals surface area contributed by atoms with Crippen LogP contribution in [0, 0.1) is 22.0 Å². The van der Waals surface area contributed by atoms with E-state index in [1.54, 1.807) is 12.1 Å². The van der Waals surface area contributed by atoms with Crippen LogP contribution < -0.4 is 5.32 Å². The van der Waals surface area contributed by atoms with Crippen molar-refractivity contribution in [3.8, 4) is 0 Å². The molecule has 23 heavy (non-hydrogen) atoms. The minimum absolute atomic E-state index is 0.0120. The molecule has 0 bridgehead atoms. The first kappa shape index (κ1) is 16.9. The summed E-state index contributed by atoms with van der Waals surface area (Å²) in [6.07, 6.45) is 2.03. The van der Waals surface area contributed by atoms with E-state index in [-0.39, 0.29) is 23.6 Å². The Morgan fingerprint density at radius 2 is 2.09 bits per heavy atom. The molecule has 2 N–H and O–H groups in total. The van der Waals surface area contributed by atoms with Gasteiger partial charge in [-0.1, -0.05) is 19.1 Å². The summed E-state index contributed by atoms with van der Waals surface area (Å²) in [6.45, 7) is 1.89. The van der Waals surface area contributed by atoms with Crippen molar-refractivity contribution < 1.29 is 19.6 Å². The summed E-state index contributed by atoms with van der Waals surface area (Å²) in [5.41, 5.74) is 0.671. The molecule has 1 amide bonds. The molecule has 0 saturated heterocycles. The van der Waals surface area contributed by atoms with Gasteiger partial charge in [0, 0.05) is 18.1 Å². The van der Waals surface area contributed by atoms with Crippen LogP contribution in [0.15, 0.2) is 24.3 Å². The Morgan fingerprint density at radius 3 is 2.65 bits per heavy atom. The molecular formula is C16H20N2O5. The van der Waals surface area contributed by atoms with Crippen molar-refractivity contribution in [3.05, 3.63) is 39.9 Å². The number of carboxylic acid groups (broad SMARTS) is 1. The Kier molecular flexibility index (Phi) is 5.31. The van der Waals surface area contributed by atoms with E-state index >= 15 is 0 Å². The Labute approximate surface area is 133 Å². The minimum atomic E-state index is -0.856. The van der Waals surface area contributed by atoms with E-state index in [9.17, 15) is 19.7 Å². The second-order valence-electron chi connectivity index (χ2n) is 5.87. The predicted octanol–water partition coefficient (Wildman–Crippen LogP) is 2.66. The fourth-order valence-electron chi connectivity index (χ4n) is 3.01. The molecule has 2 rings (SSSR count). The summed E-state index contributed by atoms with van der Waals surface area (Å²) in [6, 6.07) is 5.90. The number of benzene rings is 1. The number of nitro benzene ring substituents is 1. The van der Waals surface area contributed by atoms with Gasteiger partial charge in [-0.15, -0.1) is 0 Å². The summed E-state index contributed by atoms with van der Waals surface area (Å²) in [7, 11) is 0. The molecule has 0 spiro atoms. The second kappa shape index (κ2) is 7.21. The lowest BCUT2D eigenvalue weighted by Gasteiger charge is -2.20. The highest BCUT2D eigenvalue weighted by molar-refractivity contribution is 5.81. The van der Waals surface area contributed by atoms with Gasteiger partial charge in [-0.2, -0.15) is 0 Å². The number of hydrogen-bond acceptors (Lipinski definition) is 4. The maximum absolute atomic E-state index is 12.3. The van der Waals surface area contributed by atoms with Crippen molar-refractivity contribution in [2.75, 3.05) is 0 Å². The highest BCUT2D eigenvalue weighted by Gasteiger charge is 2.34. The first-order valence-corrected chi connectivity index (χ1v) is 7.70. The lowest BCUT2D eigenvalue weighted by atomic mass is 10.0. The number of non-ortho nitro benzene ring substituents is 1. The average Bonchev–Trinajstić information content (AvgIpc) is 3.02. The smallest absolute Gasteiger partial charge is 0.306 e. The molecule has 7 heteroatoms. The zero-order valence-electron chi connectivity index (χ0n) is 12.9. The fourth-order valence-corrected chi connectivity index (χ4v) is 3.01. The van der Waals surface area contributed by atoms with Gasteiger partial charge in [0.15, 0.2) is 0 Å². The number of rotatable bonds is 6. The third-order valence-electron chi connectivity index (χ3n) is 4.36. The summed E-state index contributed by atoms with van der Waals surface area (Å²) in [5.74, 6) is -1.79. The van der Waals surface area contributed by atoms with Crippen molar-refractivity contribution in [1.29, 1.82) is 0 Å². The molecule has 0 aliphatic heterocycles. The molecule has 1 aliphatic carbocycles. The topological polar surface area (TPSA) is 110 Å². The lowest BCUT2D eigenvalue weighted by Crippen LogP contribution is -2.33. The monoisotopic (exact) mass is 320 g/mol. The summed E-state index contributed by atoms with van der Waals surface area (Å²) >= 11 is 0. The van der Waals surface area contributed by atoms with Crippen molar-refractivity contribution in [1.82, 2.24) is 5.32 Å². The van der Waals surface area contributed by atoms with Crippen molar-refractivity contribution >= 4 is 17.6 Å². The number of nitro groups is 1. The molecular weight excluding hydrogens is 300 g/mol. The van der Waals surface area contributed by atoms with E-state index in [1.807, 2.05) is 6.92 Å². The second-order valence-corrected chi connectivity index (χ2v) is 5.87. The molecule has 1 aromatic rings. The number of hydrogen-bond donors (Lipinski definition) is 2. The van der Waals surface area contributed by atoms with Crippen LogP contribution >= 0.6 is 0 Å². The Hall–Kier alpha value is -2.44. The average molecular weight is 320 g/mol. The standard InChI is InChI=1S/C16H20N2O5/c1-2-14(10-4-3-5-13(9-10)18(22)23)17-15(19)11-6-7-12(8-11)16(20)21/h3-5,9,11-12,14H,2,6-8H2,1H3,(H,17,19)(H,20,21)/t11-,12+,14?/m1/s1. The van der Waals surface area contributed by atoms with E-state index < -0.39 is 16.8 Å². The number of carbonyl (C=O) groups excluding carboxylic acids is 1. The number of carbonyl (C=O) groups is 2. The lowest BCUT2D eigenvalue weighted by molar-refractivity contribution is -0.384. The molecule has 0 aromatic heterocycles. The third-order valence-corrected chi connectivity index (χ3v) is 4.36.